The van der Waals surface area contributed by atoms with E-state index in [2.05, 4.69) is 28.2 Å². The molecule has 2 amide bonds. The van der Waals surface area contributed by atoms with Crippen molar-refractivity contribution in [1.82, 2.24) is 14.8 Å². The molecule has 1 saturated heterocycles. The first-order valence-electron chi connectivity index (χ1n) is 9.93. The van der Waals surface area contributed by atoms with Gasteiger partial charge in [-0.15, -0.1) is 0 Å². The summed E-state index contributed by atoms with van der Waals surface area (Å²) in [6.07, 6.45) is 8.29. The van der Waals surface area contributed by atoms with E-state index >= 15 is 0 Å². The summed E-state index contributed by atoms with van der Waals surface area (Å²) in [5.74, 6) is 0. The van der Waals surface area contributed by atoms with Crippen LogP contribution in [0.2, 0.25) is 0 Å². The molecule has 1 aliphatic rings. The van der Waals surface area contributed by atoms with E-state index in [0.717, 1.165) is 37.3 Å². The van der Waals surface area contributed by atoms with Crippen molar-refractivity contribution in [2.45, 2.75) is 45.2 Å². The Morgan fingerprint density at radius 1 is 1.19 bits per heavy atom. The van der Waals surface area contributed by atoms with Crippen molar-refractivity contribution < 1.29 is 4.79 Å². The lowest BCUT2D eigenvalue weighted by molar-refractivity contribution is 0.202. The number of piperidine rings is 1. The molecule has 3 rings (SSSR count). The van der Waals surface area contributed by atoms with Crippen LogP contribution in [0.25, 0.3) is 0 Å². The van der Waals surface area contributed by atoms with Crippen molar-refractivity contribution in [2.24, 2.45) is 0 Å². The fourth-order valence-electron chi connectivity index (χ4n) is 3.79. The van der Waals surface area contributed by atoms with Gasteiger partial charge in [-0.05, 0) is 55.6 Å². The zero-order valence-corrected chi connectivity index (χ0v) is 16.4. The van der Waals surface area contributed by atoms with E-state index in [1.807, 2.05) is 43.6 Å². The number of urea groups is 1. The summed E-state index contributed by atoms with van der Waals surface area (Å²) in [6, 6.07) is 12.0. The number of anilines is 1. The first-order valence-corrected chi connectivity index (χ1v) is 9.93. The number of pyridine rings is 1. The Bertz CT molecular complexity index is 728. The van der Waals surface area contributed by atoms with Gasteiger partial charge in [0, 0.05) is 31.7 Å². The highest BCUT2D eigenvalue weighted by Crippen LogP contribution is 2.24. The molecular formula is C22H30N4O. The lowest BCUT2D eigenvalue weighted by Crippen LogP contribution is -2.35. The van der Waals surface area contributed by atoms with Crippen LogP contribution in [0.3, 0.4) is 0 Å². The van der Waals surface area contributed by atoms with Gasteiger partial charge in [0.1, 0.15) is 0 Å². The van der Waals surface area contributed by atoms with E-state index in [4.69, 9.17) is 0 Å². The molecule has 2 heterocycles. The molecule has 27 heavy (non-hydrogen) atoms. The van der Waals surface area contributed by atoms with Gasteiger partial charge in [0.15, 0.2) is 0 Å². The Morgan fingerprint density at radius 3 is 2.67 bits per heavy atom. The molecule has 1 N–H and O–H groups in total. The molecule has 1 unspecified atom stereocenters. The summed E-state index contributed by atoms with van der Waals surface area (Å²) in [5.41, 5.74) is 3.13. The largest absolute Gasteiger partial charge is 0.322 e. The number of para-hydroxylation sites is 1. The van der Waals surface area contributed by atoms with Gasteiger partial charge in [0.2, 0.25) is 0 Å². The molecular weight excluding hydrogens is 336 g/mol. The highest BCUT2D eigenvalue weighted by atomic mass is 16.2. The van der Waals surface area contributed by atoms with Crippen LogP contribution in [-0.2, 0) is 6.54 Å². The van der Waals surface area contributed by atoms with Crippen molar-refractivity contribution >= 4 is 11.7 Å². The average molecular weight is 367 g/mol. The van der Waals surface area contributed by atoms with Gasteiger partial charge < -0.3 is 10.2 Å². The van der Waals surface area contributed by atoms with Crippen molar-refractivity contribution in [3.63, 3.8) is 0 Å². The molecule has 0 aliphatic carbocycles. The van der Waals surface area contributed by atoms with Crippen molar-refractivity contribution in [2.75, 3.05) is 25.5 Å². The van der Waals surface area contributed by atoms with E-state index in [1.54, 1.807) is 11.1 Å². The highest BCUT2D eigenvalue weighted by Gasteiger charge is 2.21. The van der Waals surface area contributed by atoms with E-state index < -0.39 is 0 Å². The fourth-order valence-corrected chi connectivity index (χ4v) is 3.79. The molecule has 1 aliphatic heterocycles. The smallest absolute Gasteiger partial charge is 0.321 e. The molecule has 5 nitrogen and oxygen atoms in total. The maximum atomic E-state index is 12.9. The first-order chi connectivity index (χ1) is 13.2. The number of hydrogen-bond donors (Lipinski definition) is 1. The molecule has 144 valence electrons. The minimum absolute atomic E-state index is 0.00737. The predicted octanol–water partition coefficient (Wildman–Crippen LogP) is 4.68. The van der Waals surface area contributed by atoms with Gasteiger partial charge in [-0.3, -0.25) is 9.88 Å². The maximum Gasteiger partial charge on any atom is 0.322 e. The van der Waals surface area contributed by atoms with Gasteiger partial charge in [-0.1, -0.05) is 37.6 Å². The number of carbonyl (C=O) groups excluding carboxylic acids is 1. The Balaban J connectivity index is 1.69. The van der Waals surface area contributed by atoms with E-state index in [1.165, 1.54) is 24.8 Å². The number of nitrogens with zero attached hydrogens (tertiary/aromatic N) is 3. The van der Waals surface area contributed by atoms with Gasteiger partial charge in [0.25, 0.3) is 0 Å². The third kappa shape index (κ3) is 5.07. The second kappa shape index (κ2) is 9.51. The molecule has 1 aromatic carbocycles. The SMILES string of the molecule is CCC(c1cccnc1)N(C)C(=O)Nc1ccccc1CN1CCCCC1. The molecule has 2 aromatic rings. The summed E-state index contributed by atoms with van der Waals surface area (Å²) in [6.45, 7) is 5.26. The number of aromatic nitrogens is 1. The first kappa shape index (κ1) is 19.4. The van der Waals surface area contributed by atoms with Crippen LogP contribution in [0.5, 0.6) is 0 Å². The van der Waals surface area contributed by atoms with Gasteiger partial charge in [-0.2, -0.15) is 0 Å². The summed E-state index contributed by atoms with van der Waals surface area (Å²) in [5, 5.41) is 3.12. The Morgan fingerprint density at radius 2 is 1.96 bits per heavy atom. The summed E-state index contributed by atoms with van der Waals surface area (Å²) in [4.78, 5) is 21.4. The number of benzene rings is 1. The fraction of sp³-hybridized carbons (Fsp3) is 0.455. The van der Waals surface area contributed by atoms with Gasteiger partial charge in [-0.25, -0.2) is 4.79 Å². The van der Waals surface area contributed by atoms with Crippen molar-refractivity contribution in [3.8, 4) is 0 Å². The number of carbonyl (C=O) groups is 1. The van der Waals surface area contributed by atoms with Crippen LogP contribution in [0.4, 0.5) is 10.5 Å². The second-order valence-corrected chi connectivity index (χ2v) is 7.25. The number of likely N-dealkylation sites (tertiary alicyclic amines) is 1. The molecule has 1 atom stereocenters. The van der Waals surface area contributed by atoms with Crippen LogP contribution in [0.15, 0.2) is 48.8 Å². The normalized spacial score (nSPS) is 15.9. The van der Waals surface area contributed by atoms with Crippen LogP contribution in [-0.4, -0.2) is 41.0 Å². The van der Waals surface area contributed by atoms with Gasteiger partial charge >= 0.3 is 6.03 Å². The lowest BCUT2D eigenvalue weighted by Gasteiger charge is -2.29. The summed E-state index contributed by atoms with van der Waals surface area (Å²) < 4.78 is 0. The maximum absolute atomic E-state index is 12.9. The summed E-state index contributed by atoms with van der Waals surface area (Å²) >= 11 is 0. The number of rotatable bonds is 6. The number of hydrogen-bond acceptors (Lipinski definition) is 3. The molecule has 1 aromatic heterocycles. The van der Waals surface area contributed by atoms with E-state index in [9.17, 15) is 4.79 Å². The van der Waals surface area contributed by atoms with E-state index in [0.29, 0.717) is 0 Å². The monoisotopic (exact) mass is 366 g/mol. The number of amides is 2. The molecule has 0 spiro atoms. The zero-order chi connectivity index (χ0) is 19.1. The number of nitrogens with one attached hydrogen (secondary N) is 1. The molecule has 0 saturated carbocycles. The quantitative estimate of drug-likeness (QED) is 0.807. The molecule has 5 heteroatoms. The Hall–Kier alpha value is -2.40. The standard InChI is InChI=1S/C22H30N4O/c1-3-21(18-11-9-13-23-16-18)25(2)22(27)24-20-12-6-5-10-19(20)17-26-14-7-4-8-15-26/h5-6,9-13,16,21H,3-4,7-8,14-15,17H2,1-2H3,(H,24,27). The Labute approximate surface area is 162 Å². The molecule has 1 fully saturated rings. The van der Waals surface area contributed by atoms with E-state index in [-0.39, 0.29) is 12.1 Å². The third-order valence-corrected chi connectivity index (χ3v) is 5.35. The van der Waals surface area contributed by atoms with Crippen molar-refractivity contribution in [1.29, 1.82) is 0 Å². The van der Waals surface area contributed by atoms with Gasteiger partial charge in [0.05, 0.1) is 6.04 Å². The van der Waals surface area contributed by atoms with Crippen LogP contribution in [0, 0.1) is 0 Å². The minimum Gasteiger partial charge on any atom is -0.321 e. The zero-order valence-electron chi connectivity index (χ0n) is 16.4. The van der Waals surface area contributed by atoms with Crippen LogP contribution >= 0.6 is 0 Å². The van der Waals surface area contributed by atoms with Crippen molar-refractivity contribution in [3.05, 3.63) is 59.9 Å². The topological polar surface area (TPSA) is 48.5 Å². The molecule has 0 bridgehead atoms. The predicted molar refractivity (Wildman–Crippen MR) is 110 cm³/mol. The minimum atomic E-state index is -0.0863. The lowest BCUT2D eigenvalue weighted by atomic mass is 10.1. The van der Waals surface area contributed by atoms with Crippen LogP contribution < -0.4 is 5.32 Å². The third-order valence-electron chi connectivity index (χ3n) is 5.35. The summed E-state index contributed by atoms with van der Waals surface area (Å²) in [7, 11) is 1.85. The Kier molecular flexibility index (Phi) is 6.82. The van der Waals surface area contributed by atoms with Crippen LogP contribution in [0.1, 0.15) is 49.8 Å². The highest BCUT2D eigenvalue weighted by molar-refractivity contribution is 5.90. The average Bonchev–Trinajstić information content (AvgIpc) is 2.71. The molecule has 0 radical (unpaired) electrons. The second-order valence-electron chi connectivity index (χ2n) is 7.25.